The molecule has 0 radical (unpaired) electrons. The minimum atomic E-state index is -0.891. The van der Waals surface area contributed by atoms with Gasteiger partial charge in [0.1, 0.15) is 5.03 Å². The first kappa shape index (κ1) is 16.2. The van der Waals surface area contributed by atoms with Crippen molar-refractivity contribution >= 4 is 23.6 Å². The van der Waals surface area contributed by atoms with E-state index in [0.29, 0.717) is 29.2 Å². The molecule has 110 valence electrons. The van der Waals surface area contributed by atoms with E-state index in [1.165, 1.54) is 16.7 Å². The normalized spacial score (nSPS) is 10.3. The second-order valence-electron chi connectivity index (χ2n) is 4.28. The molecule has 1 aromatic heterocycles. The number of carboxylic acid groups (broad SMARTS) is 1. The maximum Gasteiger partial charge on any atom is 0.346 e. The predicted molar refractivity (Wildman–Crippen MR) is 75.2 cm³/mol. The van der Waals surface area contributed by atoms with Crippen LogP contribution < -0.4 is 5.69 Å². The van der Waals surface area contributed by atoms with Gasteiger partial charge < -0.3 is 15.0 Å². The largest absolute Gasteiger partial charge is 0.481 e. The summed E-state index contributed by atoms with van der Waals surface area (Å²) in [4.78, 5) is 41.8. The second-order valence-corrected chi connectivity index (χ2v) is 5.07. The van der Waals surface area contributed by atoms with Crippen LogP contribution in [-0.4, -0.2) is 51.7 Å². The monoisotopic (exact) mass is 299 g/mol. The molecule has 1 rings (SSSR count). The first-order valence-corrected chi connectivity index (χ1v) is 7.21. The van der Waals surface area contributed by atoms with Crippen molar-refractivity contribution in [2.24, 2.45) is 0 Å². The molecular weight excluding hydrogens is 282 g/mol. The molecule has 0 aromatic carbocycles. The number of carbonyl (C=O) groups excluding carboxylic acids is 1. The van der Waals surface area contributed by atoms with Gasteiger partial charge >= 0.3 is 11.7 Å². The maximum absolute atomic E-state index is 12.3. The maximum atomic E-state index is 12.3. The fourth-order valence-electron chi connectivity index (χ4n) is 1.72. The first-order valence-electron chi connectivity index (χ1n) is 5.99. The number of hydrogen-bond donors (Lipinski definition) is 2. The smallest absolute Gasteiger partial charge is 0.346 e. The molecule has 0 spiro atoms. The average Bonchev–Trinajstić information content (AvgIpc) is 2.36. The number of aryl methyl sites for hydroxylation is 1. The van der Waals surface area contributed by atoms with E-state index in [4.69, 9.17) is 5.11 Å². The Morgan fingerprint density at radius 2 is 2.10 bits per heavy atom. The Labute approximate surface area is 120 Å². The van der Waals surface area contributed by atoms with E-state index in [2.05, 4.69) is 9.97 Å². The van der Waals surface area contributed by atoms with Crippen molar-refractivity contribution < 1.29 is 14.7 Å². The Balaban J connectivity index is 2.91. The summed E-state index contributed by atoms with van der Waals surface area (Å²) in [5, 5.41) is 8.96. The number of nitrogens with one attached hydrogen (secondary N) is 1. The standard InChI is InChI=1S/C12H17N3O4S/c1-7-9(10(20-3)14-12(19)13-7)11(18)15(2)6-4-5-8(16)17/h4-6H2,1-3H3,(H,16,17)(H,13,14,19). The van der Waals surface area contributed by atoms with Crippen LogP contribution in [0.5, 0.6) is 0 Å². The number of H-pyrrole nitrogens is 1. The molecule has 2 N–H and O–H groups in total. The van der Waals surface area contributed by atoms with Crippen LogP contribution in [0.1, 0.15) is 28.9 Å². The third kappa shape index (κ3) is 4.09. The Morgan fingerprint density at radius 3 is 2.65 bits per heavy atom. The third-order valence-corrected chi connectivity index (χ3v) is 3.41. The Morgan fingerprint density at radius 1 is 1.45 bits per heavy atom. The Bertz CT molecular complexity index is 570. The van der Waals surface area contributed by atoms with Gasteiger partial charge in [-0.3, -0.25) is 9.59 Å². The molecule has 0 saturated carbocycles. The van der Waals surface area contributed by atoms with Gasteiger partial charge in [0.2, 0.25) is 0 Å². The van der Waals surface area contributed by atoms with E-state index < -0.39 is 11.7 Å². The fourth-order valence-corrected chi connectivity index (χ4v) is 2.34. The van der Waals surface area contributed by atoms with E-state index in [0.717, 1.165) is 0 Å². The van der Waals surface area contributed by atoms with Crippen LogP contribution in [0.4, 0.5) is 0 Å². The van der Waals surface area contributed by atoms with Gasteiger partial charge in [0.25, 0.3) is 5.91 Å². The van der Waals surface area contributed by atoms with Crippen molar-refractivity contribution in [2.45, 2.75) is 24.8 Å². The Hall–Kier alpha value is -1.83. The quantitative estimate of drug-likeness (QED) is 0.593. The number of hydrogen-bond acceptors (Lipinski definition) is 5. The molecule has 7 nitrogen and oxygen atoms in total. The third-order valence-electron chi connectivity index (χ3n) is 2.72. The summed E-state index contributed by atoms with van der Waals surface area (Å²) in [5.74, 6) is -1.17. The topological polar surface area (TPSA) is 103 Å². The minimum absolute atomic E-state index is 0.00978. The van der Waals surface area contributed by atoms with Crippen LogP contribution in [0.2, 0.25) is 0 Å². The van der Waals surface area contributed by atoms with Crippen molar-refractivity contribution in [3.05, 3.63) is 21.7 Å². The summed E-state index contributed by atoms with van der Waals surface area (Å²) >= 11 is 1.23. The summed E-state index contributed by atoms with van der Waals surface area (Å²) in [7, 11) is 1.60. The first-order chi connectivity index (χ1) is 9.36. The van der Waals surface area contributed by atoms with Crippen LogP contribution >= 0.6 is 11.8 Å². The van der Waals surface area contributed by atoms with E-state index in [-0.39, 0.29) is 12.3 Å². The molecule has 0 fully saturated rings. The van der Waals surface area contributed by atoms with Gasteiger partial charge in [-0.1, -0.05) is 0 Å². The van der Waals surface area contributed by atoms with Crippen molar-refractivity contribution in [3.8, 4) is 0 Å². The number of thioether (sulfide) groups is 1. The van der Waals surface area contributed by atoms with Crippen LogP contribution in [0.25, 0.3) is 0 Å². The van der Waals surface area contributed by atoms with Gasteiger partial charge in [-0.25, -0.2) is 4.79 Å². The zero-order valence-corrected chi connectivity index (χ0v) is 12.4. The van der Waals surface area contributed by atoms with Crippen LogP contribution in [0.3, 0.4) is 0 Å². The zero-order chi connectivity index (χ0) is 15.3. The summed E-state index contributed by atoms with van der Waals surface area (Å²) < 4.78 is 0. The molecule has 0 aliphatic heterocycles. The molecule has 8 heteroatoms. The molecular formula is C12H17N3O4S. The fraction of sp³-hybridized carbons (Fsp3) is 0.500. The van der Waals surface area contributed by atoms with Gasteiger partial charge in [0, 0.05) is 25.7 Å². The number of rotatable bonds is 6. The lowest BCUT2D eigenvalue weighted by atomic mass is 10.2. The highest BCUT2D eigenvalue weighted by molar-refractivity contribution is 7.98. The SMILES string of the molecule is CSc1nc(=O)[nH]c(C)c1C(=O)N(C)CCCC(=O)O. The molecule has 0 aliphatic rings. The lowest BCUT2D eigenvalue weighted by Crippen LogP contribution is -2.31. The highest BCUT2D eigenvalue weighted by Gasteiger charge is 2.20. The molecule has 0 atom stereocenters. The van der Waals surface area contributed by atoms with Crippen molar-refractivity contribution in [3.63, 3.8) is 0 Å². The lowest BCUT2D eigenvalue weighted by Gasteiger charge is -2.18. The molecule has 0 bridgehead atoms. The van der Waals surface area contributed by atoms with Crippen LogP contribution in [0.15, 0.2) is 9.82 Å². The highest BCUT2D eigenvalue weighted by Crippen LogP contribution is 2.19. The van der Waals surface area contributed by atoms with E-state index >= 15 is 0 Å². The van der Waals surface area contributed by atoms with Crippen LogP contribution in [-0.2, 0) is 4.79 Å². The van der Waals surface area contributed by atoms with Gasteiger partial charge in [0.05, 0.1) is 5.56 Å². The van der Waals surface area contributed by atoms with Gasteiger partial charge in [0.15, 0.2) is 0 Å². The average molecular weight is 299 g/mol. The minimum Gasteiger partial charge on any atom is -0.481 e. The molecule has 1 amide bonds. The summed E-state index contributed by atoms with van der Waals surface area (Å²) in [6.07, 6.45) is 2.13. The van der Waals surface area contributed by atoms with Gasteiger partial charge in [-0.2, -0.15) is 4.98 Å². The summed E-state index contributed by atoms with van der Waals surface area (Å²) in [5.41, 5.74) is 0.330. The number of aliphatic carboxylic acids is 1. The van der Waals surface area contributed by atoms with E-state index in [1.807, 2.05) is 0 Å². The van der Waals surface area contributed by atoms with Crippen molar-refractivity contribution in [1.29, 1.82) is 0 Å². The zero-order valence-electron chi connectivity index (χ0n) is 11.6. The van der Waals surface area contributed by atoms with Crippen molar-refractivity contribution in [2.75, 3.05) is 19.8 Å². The number of aromatic amines is 1. The summed E-state index contributed by atoms with van der Waals surface area (Å²) in [6.45, 7) is 1.97. The number of aromatic nitrogens is 2. The van der Waals surface area contributed by atoms with E-state index in [9.17, 15) is 14.4 Å². The number of carboxylic acids is 1. The molecule has 1 heterocycles. The number of amides is 1. The molecule has 0 unspecified atom stereocenters. The number of carbonyl (C=O) groups is 2. The predicted octanol–water partition coefficient (Wildman–Crippen LogP) is 0.737. The second kappa shape index (κ2) is 7.09. The molecule has 1 aromatic rings. The lowest BCUT2D eigenvalue weighted by molar-refractivity contribution is -0.137. The van der Waals surface area contributed by atoms with Crippen LogP contribution in [0, 0.1) is 6.92 Å². The van der Waals surface area contributed by atoms with Crippen molar-refractivity contribution in [1.82, 2.24) is 14.9 Å². The molecule has 20 heavy (non-hydrogen) atoms. The van der Waals surface area contributed by atoms with Gasteiger partial charge in [-0.15, -0.1) is 11.8 Å². The van der Waals surface area contributed by atoms with Gasteiger partial charge in [-0.05, 0) is 19.6 Å². The molecule has 0 saturated heterocycles. The Kier molecular flexibility index (Phi) is 5.75. The molecule has 0 aliphatic carbocycles. The highest BCUT2D eigenvalue weighted by atomic mass is 32.2. The number of nitrogens with zero attached hydrogens (tertiary/aromatic N) is 2. The van der Waals surface area contributed by atoms with E-state index in [1.54, 1.807) is 20.2 Å². The summed E-state index contributed by atoms with van der Waals surface area (Å²) in [6, 6.07) is 0.